The lowest BCUT2D eigenvalue weighted by Crippen LogP contribution is -2.19. The molecule has 0 unspecified atom stereocenters. The molecule has 3 nitrogen and oxygen atoms in total. The lowest BCUT2D eigenvalue weighted by molar-refractivity contribution is 0.0955. The molecule has 1 amide bonds. The van der Waals surface area contributed by atoms with Gasteiger partial charge in [-0.2, -0.15) is 5.10 Å². The highest BCUT2D eigenvalue weighted by Crippen LogP contribution is 2.22. The molecule has 0 spiro atoms. The van der Waals surface area contributed by atoms with E-state index in [4.69, 9.17) is 23.2 Å². The molecule has 0 aromatic heterocycles. The van der Waals surface area contributed by atoms with Gasteiger partial charge < -0.3 is 0 Å². The number of amides is 1. The number of hydrogen-bond acceptors (Lipinski definition) is 2. The third kappa shape index (κ3) is 4.30. The van der Waals surface area contributed by atoms with Crippen LogP contribution in [0.25, 0.3) is 0 Å². The normalized spacial score (nSPS) is 11.3. The van der Waals surface area contributed by atoms with Crippen molar-refractivity contribution in [2.45, 2.75) is 6.92 Å². The van der Waals surface area contributed by atoms with Gasteiger partial charge in [-0.05, 0) is 42.8 Å². The van der Waals surface area contributed by atoms with Crippen LogP contribution in [0.15, 0.2) is 52.0 Å². The fourth-order valence-electron chi connectivity index (χ4n) is 1.61. The molecule has 0 aliphatic rings. The standard InChI is InChI=1S/C15H11BrCl2N2O/c1-9(10-3-2-4-12(16)7-10)19-20-15(21)11-5-6-13(17)14(18)8-11/h2-8H,1H3,(H,20,21). The fourth-order valence-corrected chi connectivity index (χ4v) is 2.31. The smallest absolute Gasteiger partial charge is 0.267 e. The Morgan fingerprint density at radius 3 is 2.52 bits per heavy atom. The van der Waals surface area contributed by atoms with Gasteiger partial charge in [0.2, 0.25) is 0 Å². The van der Waals surface area contributed by atoms with Gasteiger partial charge in [-0.25, -0.2) is 5.43 Å². The number of nitrogens with one attached hydrogen (secondary N) is 1. The molecule has 0 saturated heterocycles. The zero-order valence-electron chi connectivity index (χ0n) is 11.0. The summed E-state index contributed by atoms with van der Waals surface area (Å²) in [5, 5.41) is 4.82. The van der Waals surface area contributed by atoms with Gasteiger partial charge in [-0.15, -0.1) is 0 Å². The first-order valence-corrected chi connectivity index (χ1v) is 7.58. The average molecular weight is 386 g/mol. The number of benzene rings is 2. The molecule has 108 valence electrons. The van der Waals surface area contributed by atoms with Crippen LogP contribution < -0.4 is 5.43 Å². The van der Waals surface area contributed by atoms with Crippen LogP contribution in [-0.4, -0.2) is 11.6 Å². The molecule has 0 saturated carbocycles. The molecule has 0 atom stereocenters. The van der Waals surface area contributed by atoms with E-state index in [1.54, 1.807) is 12.1 Å². The maximum absolute atomic E-state index is 12.0. The summed E-state index contributed by atoms with van der Waals surface area (Å²) in [5.74, 6) is -0.345. The first-order valence-electron chi connectivity index (χ1n) is 6.03. The Kier molecular flexibility index (Phi) is 5.39. The summed E-state index contributed by atoms with van der Waals surface area (Å²) in [4.78, 5) is 12.0. The Balaban J connectivity index is 2.12. The predicted molar refractivity (Wildman–Crippen MR) is 90.3 cm³/mol. The van der Waals surface area contributed by atoms with Crippen molar-refractivity contribution in [3.8, 4) is 0 Å². The first-order chi connectivity index (χ1) is 9.97. The molecule has 0 radical (unpaired) electrons. The van der Waals surface area contributed by atoms with E-state index in [1.165, 1.54) is 6.07 Å². The van der Waals surface area contributed by atoms with Crippen molar-refractivity contribution in [3.05, 3.63) is 68.1 Å². The van der Waals surface area contributed by atoms with Crippen LogP contribution in [0.2, 0.25) is 10.0 Å². The summed E-state index contributed by atoms with van der Waals surface area (Å²) in [6.45, 7) is 1.82. The second-order valence-electron chi connectivity index (χ2n) is 4.28. The fraction of sp³-hybridized carbons (Fsp3) is 0.0667. The SMILES string of the molecule is CC(=NNC(=O)c1ccc(Cl)c(Cl)c1)c1cccc(Br)c1. The maximum atomic E-state index is 12.0. The van der Waals surface area contributed by atoms with Gasteiger partial charge in [0.05, 0.1) is 15.8 Å². The zero-order chi connectivity index (χ0) is 15.4. The largest absolute Gasteiger partial charge is 0.271 e. The number of halogens is 3. The zero-order valence-corrected chi connectivity index (χ0v) is 14.1. The van der Waals surface area contributed by atoms with Gasteiger partial charge in [0, 0.05) is 10.0 Å². The lowest BCUT2D eigenvalue weighted by Gasteiger charge is -2.04. The summed E-state index contributed by atoms with van der Waals surface area (Å²) in [7, 11) is 0. The Labute approximate surface area is 141 Å². The van der Waals surface area contributed by atoms with Gasteiger partial charge in [0.15, 0.2) is 0 Å². The minimum absolute atomic E-state index is 0.331. The highest BCUT2D eigenvalue weighted by atomic mass is 79.9. The van der Waals surface area contributed by atoms with Crippen molar-refractivity contribution < 1.29 is 4.79 Å². The quantitative estimate of drug-likeness (QED) is 0.591. The Bertz CT molecular complexity index is 717. The van der Waals surface area contributed by atoms with E-state index in [-0.39, 0.29) is 5.91 Å². The van der Waals surface area contributed by atoms with Crippen molar-refractivity contribution >= 4 is 50.8 Å². The van der Waals surface area contributed by atoms with Crippen LogP contribution >= 0.6 is 39.1 Å². The van der Waals surface area contributed by atoms with Gasteiger partial charge in [-0.1, -0.05) is 51.3 Å². The van der Waals surface area contributed by atoms with Gasteiger partial charge in [0.1, 0.15) is 0 Å². The lowest BCUT2D eigenvalue weighted by atomic mass is 10.1. The van der Waals surface area contributed by atoms with E-state index >= 15 is 0 Å². The van der Waals surface area contributed by atoms with Crippen LogP contribution in [0.5, 0.6) is 0 Å². The Morgan fingerprint density at radius 2 is 1.86 bits per heavy atom. The summed E-state index contributed by atoms with van der Waals surface area (Å²) < 4.78 is 0.949. The van der Waals surface area contributed by atoms with E-state index in [0.29, 0.717) is 21.3 Å². The van der Waals surface area contributed by atoms with Crippen molar-refractivity contribution in [2.75, 3.05) is 0 Å². The van der Waals surface area contributed by atoms with Crippen LogP contribution in [-0.2, 0) is 0 Å². The molecular formula is C15H11BrCl2N2O. The number of carbonyl (C=O) groups is 1. The third-order valence-electron chi connectivity index (χ3n) is 2.75. The molecule has 2 aromatic carbocycles. The van der Waals surface area contributed by atoms with Crippen molar-refractivity contribution in [3.63, 3.8) is 0 Å². The molecule has 0 bridgehead atoms. The Hall–Kier alpha value is -1.36. The molecule has 2 rings (SSSR count). The molecule has 0 heterocycles. The second-order valence-corrected chi connectivity index (χ2v) is 6.01. The van der Waals surface area contributed by atoms with E-state index in [9.17, 15) is 4.79 Å². The number of hydrazone groups is 1. The van der Waals surface area contributed by atoms with E-state index < -0.39 is 0 Å². The van der Waals surface area contributed by atoms with Crippen LogP contribution in [0.4, 0.5) is 0 Å². The molecular weight excluding hydrogens is 375 g/mol. The van der Waals surface area contributed by atoms with Crippen molar-refractivity contribution in [1.29, 1.82) is 0 Å². The number of carbonyl (C=O) groups excluding carboxylic acids is 1. The minimum Gasteiger partial charge on any atom is -0.267 e. The van der Waals surface area contributed by atoms with Gasteiger partial charge >= 0.3 is 0 Å². The van der Waals surface area contributed by atoms with E-state index in [1.807, 2.05) is 31.2 Å². The van der Waals surface area contributed by atoms with E-state index in [0.717, 1.165) is 10.0 Å². The van der Waals surface area contributed by atoms with Crippen LogP contribution in [0.3, 0.4) is 0 Å². The maximum Gasteiger partial charge on any atom is 0.271 e. The summed E-state index contributed by atoms with van der Waals surface area (Å²) in [6.07, 6.45) is 0. The summed E-state index contributed by atoms with van der Waals surface area (Å²) in [5.41, 5.74) is 4.51. The van der Waals surface area contributed by atoms with Crippen LogP contribution in [0, 0.1) is 0 Å². The summed E-state index contributed by atoms with van der Waals surface area (Å²) in [6, 6.07) is 12.3. The predicted octanol–water partition coefficient (Wildman–Crippen LogP) is 4.91. The van der Waals surface area contributed by atoms with Crippen molar-refractivity contribution in [2.24, 2.45) is 5.10 Å². The minimum atomic E-state index is -0.345. The Morgan fingerprint density at radius 1 is 1.10 bits per heavy atom. The molecule has 0 aliphatic heterocycles. The molecule has 6 heteroatoms. The third-order valence-corrected chi connectivity index (χ3v) is 3.98. The molecule has 0 aliphatic carbocycles. The summed E-state index contributed by atoms with van der Waals surface area (Å²) >= 11 is 15.1. The number of nitrogens with zero attached hydrogens (tertiary/aromatic N) is 1. The molecule has 1 N–H and O–H groups in total. The average Bonchev–Trinajstić information content (AvgIpc) is 2.47. The second kappa shape index (κ2) is 7.07. The van der Waals surface area contributed by atoms with Gasteiger partial charge in [0.25, 0.3) is 5.91 Å². The highest BCUT2D eigenvalue weighted by molar-refractivity contribution is 9.10. The van der Waals surface area contributed by atoms with Gasteiger partial charge in [-0.3, -0.25) is 4.79 Å². The highest BCUT2D eigenvalue weighted by Gasteiger charge is 2.07. The number of hydrogen-bond donors (Lipinski definition) is 1. The van der Waals surface area contributed by atoms with E-state index in [2.05, 4.69) is 26.5 Å². The van der Waals surface area contributed by atoms with Crippen molar-refractivity contribution in [1.82, 2.24) is 5.43 Å². The first kappa shape index (κ1) is 16.0. The monoisotopic (exact) mass is 384 g/mol. The number of rotatable bonds is 3. The topological polar surface area (TPSA) is 41.5 Å². The molecule has 21 heavy (non-hydrogen) atoms. The molecule has 0 fully saturated rings. The van der Waals surface area contributed by atoms with Crippen LogP contribution in [0.1, 0.15) is 22.8 Å². The molecule has 2 aromatic rings.